The number of hydrogen-bond donors (Lipinski definition) is 1. The third kappa shape index (κ3) is 2.27. The minimum Gasteiger partial charge on any atom is -0.378 e. The van der Waals surface area contributed by atoms with Gasteiger partial charge in [-0.3, -0.25) is 0 Å². The lowest BCUT2D eigenvalue weighted by molar-refractivity contribution is 0.392. The van der Waals surface area contributed by atoms with E-state index in [-0.39, 0.29) is 5.69 Å². The Hall–Kier alpha value is -1.91. The number of nitrogens with zero attached hydrogens (tertiary/aromatic N) is 1. The molecule has 0 radical (unpaired) electrons. The molecule has 1 aromatic heterocycles. The summed E-state index contributed by atoms with van der Waals surface area (Å²) < 4.78 is 31.3. The van der Waals surface area contributed by atoms with Crippen LogP contribution in [0.1, 0.15) is 17.0 Å². The van der Waals surface area contributed by atoms with Crippen molar-refractivity contribution >= 4 is 5.69 Å². The van der Waals surface area contributed by atoms with Gasteiger partial charge in [0.05, 0.1) is 11.4 Å². The van der Waals surface area contributed by atoms with E-state index in [1.54, 1.807) is 13.8 Å². The zero-order chi connectivity index (χ0) is 12.4. The Morgan fingerprint density at radius 1 is 1.29 bits per heavy atom. The summed E-state index contributed by atoms with van der Waals surface area (Å²) >= 11 is 0. The number of rotatable bonds is 3. The van der Waals surface area contributed by atoms with Gasteiger partial charge in [-0.2, -0.15) is 0 Å². The average Bonchev–Trinajstić information content (AvgIpc) is 2.62. The normalized spacial score (nSPS) is 10.6. The summed E-state index contributed by atoms with van der Waals surface area (Å²) in [6.07, 6.45) is 0. The van der Waals surface area contributed by atoms with Gasteiger partial charge in [0.25, 0.3) is 0 Å². The first-order valence-corrected chi connectivity index (χ1v) is 5.19. The Labute approximate surface area is 97.4 Å². The van der Waals surface area contributed by atoms with E-state index in [1.807, 2.05) is 0 Å². The molecule has 2 rings (SSSR count). The van der Waals surface area contributed by atoms with Gasteiger partial charge in [-0.25, -0.2) is 8.78 Å². The first kappa shape index (κ1) is 11.6. The van der Waals surface area contributed by atoms with Gasteiger partial charge in [-0.1, -0.05) is 11.2 Å². The molecule has 0 saturated heterocycles. The third-order valence-corrected chi connectivity index (χ3v) is 2.59. The van der Waals surface area contributed by atoms with E-state index in [4.69, 9.17) is 4.52 Å². The lowest BCUT2D eigenvalue weighted by Crippen LogP contribution is -2.04. The van der Waals surface area contributed by atoms with Crippen LogP contribution >= 0.6 is 0 Å². The summed E-state index contributed by atoms with van der Waals surface area (Å²) in [6, 6.07) is 4.01. The number of benzene rings is 1. The summed E-state index contributed by atoms with van der Waals surface area (Å²) in [5.41, 5.74) is 1.73. The minimum atomic E-state index is -0.876. The molecule has 0 aliphatic rings. The zero-order valence-corrected chi connectivity index (χ0v) is 9.55. The molecule has 0 aliphatic carbocycles. The maximum Gasteiger partial charge on any atom is 0.181 e. The van der Waals surface area contributed by atoms with Gasteiger partial charge in [-0.05, 0) is 26.0 Å². The highest BCUT2D eigenvalue weighted by Gasteiger charge is 2.11. The number of halogens is 2. The molecule has 0 spiro atoms. The van der Waals surface area contributed by atoms with Gasteiger partial charge < -0.3 is 9.84 Å². The molecule has 3 nitrogen and oxygen atoms in total. The third-order valence-electron chi connectivity index (χ3n) is 2.59. The number of aromatic nitrogens is 1. The fraction of sp³-hybridized carbons (Fsp3) is 0.250. The van der Waals surface area contributed by atoms with E-state index in [0.29, 0.717) is 12.3 Å². The molecule has 0 bridgehead atoms. The molecule has 1 aromatic carbocycles. The Balaban J connectivity index is 2.15. The van der Waals surface area contributed by atoms with Crippen molar-refractivity contribution in [3.8, 4) is 0 Å². The van der Waals surface area contributed by atoms with Gasteiger partial charge >= 0.3 is 0 Å². The molecule has 0 unspecified atom stereocenters. The summed E-state index contributed by atoms with van der Waals surface area (Å²) in [5, 5.41) is 6.61. The molecule has 0 saturated carbocycles. The average molecular weight is 238 g/mol. The van der Waals surface area contributed by atoms with Crippen molar-refractivity contribution in [3.63, 3.8) is 0 Å². The first-order valence-electron chi connectivity index (χ1n) is 5.19. The van der Waals surface area contributed by atoms with E-state index in [9.17, 15) is 8.78 Å². The van der Waals surface area contributed by atoms with Crippen LogP contribution in [0.2, 0.25) is 0 Å². The molecular formula is C12H12F2N2O. The smallest absolute Gasteiger partial charge is 0.181 e. The topological polar surface area (TPSA) is 38.1 Å². The fourth-order valence-electron chi connectivity index (χ4n) is 1.58. The SMILES string of the molecule is Cc1noc(C)c1CNc1cccc(F)c1F. The van der Waals surface area contributed by atoms with E-state index in [1.165, 1.54) is 12.1 Å². The van der Waals surface area contributed by atoms with Crippen molar-refractivity contribution in [2.45, 2.75) is 20.4 Å². The van der Waals surface area contributed by atoms with Crippen molar-refractivity contribution in [3.05, 3.63) is 46.9 Å². The standard InChI is InChI=1S/C12H12F2N2O/c1-7-9(8(2)17-16-7)6-15-11-5-3-4-10(13)12(11)14/h3-5,15H,6H2,1-2H3. The molecule has 0 fully saturated rings. The maximum atomic E-state index is 13.4. The molecule has 2 aromatic rings. The van der Waals surface area contributed by atoms with Crippen LogP contribution in [0.15, 0.2) is 22.7 Å². The fourth-order valence-corrected chi connectivity index (χ4v) is 1.58. The monoisotopic (exact) mass is 238 g/mol. The Kier molecular flexibility index (Phi) is 3.08. The molecule has 0 aliphatic heterocycles. The van der Waals surface area contributed by atoms with E-state index >= 15 is 0 Å². The Morgan fingerprint density at radius 3 is 2.71 bits per heavy atom. The highest BCUT2D eigenvalue weighted by molar-refractivity contribution is 5.45. The van der Waals surface area contributed by atoms with Crippen molar-refractivity contribution in [2.24, 2.45) is 0 Å². The lowest BCUT2D eigenvalue weighted by atomic mass is 10.2. The van der Waals surface area contributed by atoms with E-state index < -0.39 is 11.6 Å². The van der Waals surface area contributed by atoms with Crippen LogP contribution in [0, 0.1) is 25.5 Å². The molecule has 90 valence electrons. The molecule has 5 heteroatoms. The van der Waals surface area contributed by atoms with Crippen LogP contribution in [-0.4, -0.2) is 5.16 Å². The predicted octanol–water partition coefficient (Wildman–Crippen LogP) is 3.18. The van der Waals surface area contributed by atoms with Crippen LogP contribution in [0.4, 0.5) is 14.5 Å². The summed E-state index contributed by atoms with van der Waals surface area (Å²) in [7, 11) is 0. The Bertz CT molecular complexity index is 518. The van der Waals surface area contributed by atoms with Crippen molar-refractivity contribution in [1.29, 1.82) is 0 Å². The highest BCUT2D eigenvalue weighted by atomic mass is 19.2. The molecule has 1 heterocycles. The van der Waals surface area contributed by atoms with Crippen LogP contribution in [0.25, 0.3) is 0 Å². The van der Waals surface area contributed by atoms with Crippen LogP contribution in [-0.2, 0) is 6.54 Å². The molecule has 0 atom stereocenters. The number of anilines is 1. The van der Waals surface area contributed by atoms with E-state index in [0.717, 1.165) is 17.3 Å². The van der Waals surface area contributed by atoms with Gasteiger partial charge in [0, 0.05) is 12.1 Å². The van der Waals surface area contributed by atoms with Crippen molar-refractivity contribution in [2.75, 3.05) is 5.32 Å². The van der Waals surface area contributed by atoms with Gasteiger partial charge in [0.15, 0.2) is 11.6 Å². The molecule has 0 amide bonds. The lowest BCUT2D eigenvalue weighted by Gasteiger charge is -2.07. The molecule has 1 N–H and O–H groups in total. The van der Waals surface area contributed by atoms with Gasteiger partial charge in [0.1, 0.15) is 5.76 Å². The second-order valence-electron chi connectivity index (χ2n) is 3.76. The van der Waals surface area contributed by atoms with E-state index in [2.05, 4.69) is 10.5 Å². The first-order chi connectivity index (χ1) is 8.09. The van der Waals surface area contributed by atoms with Crippen LogP contribution in [0.5, 0.6) is 0 Å². The summed E-state index contributed by atoms with van der Waals surface area (Å²) in [6.45, 7) is 3.93. The molecule has 17 heavy (non-hydrogen) atoms. The largest absolute Gasteiger partial charge is 0.378 e. The molecular weight excluding hydrogens is 226 g/mol. The maximum absolute atomic E-state index is 13.4. The van der Waals surface area contributed by atoms with Gasteiger partial charge in [-0.15, -0.1) is 0 Å². The van der Waals surface area contributed by atoms with Gasteiger partial charge in [0.2, 0.25) is 0 Å². The van der Waals surface area contributed by atoms with Crippen molar-refractivity contribution < 1.29 is 13.3 Å². The highest BCUT2D eigenvalue weighted by Crippen LogP contribution is 2.19. The quantitative estimate of drug-likeness (QED) is 0.892. The van der Waals surface area contributed by atoms with Crippen molar-refractivity contribution in [1.82, 2.24) is 5.16 Å². The number of aryl methyl sites for hydroxylation is 2. The minimum absolute atomic E-state index is 0.130. The second kappa shape index (κ2) is 4.53. The number of nitrogens with one attached hydrogen (secondary N) is 1. The number of hydrogen-bond acceptors (Lipinski definition) is 3. The summed E-state index contributed by atoms with van der Waals surface area (Å²) in [5.74, 6) is -1.07. The summed E-state index contributed by atoms with van der Waals surface area (Å²) in [4.78, 5) is 0. The zero-order valence-electron chi connectivity index (χ0n) is 9.55. The predicted molar refractivity (Wildman–Crippen MR) is 59.7 cm³/mol. The van der Waals surface area contributed by atoms with Crippen LogP contribution < -0.4 is 5.32 Å². The Morgan fingerprint density at radius 2 is 2.06 bits per heavy atom. The van der Waals surface area contributed by atoms with Crippen LogP contribution in [0.3, 0.4) is 0 Å². The second-order valence-corrected chi connectivity index (χ2v) is 3.76.